The lowest BCUT2D eigenvalue weighted by Crippen LogP contribution is -2.30. The van der Waals surface area contributed by atoms with Crippen molar-refractivity contribution in [1.82, 2.24) is 4.90 Å². The largest absolute Gasteiger partial charge is 0.280 e. The Bertz CT molecular complexity index is 1070. The zero-order valence-electron chi connectivity index (χ0n) is 16.6. The summed E-state index contributed by atoms with van der Waals surface area (Å²) in [6, 6.07) is 9.91. The van der Waals surface area contributed by atoms with Crippen LogP contribution < -0.4 is 4.72 Å². The highest BCUT2D eigenvalue weighted by molar-refractivity contribution is 7.92. The van der Waals surface area contributed by atoms with Gasteiger partial charge in [0.2, 0.25) is 11.8 Å². The van der Waals surface area contributed by atoms with E-state index in [0.717, 1.165) is 25.7 Å². The molecule has 1 N–H and O–H groups in total. The molecule has 1 heterocycles. The number of hydrogen-bond acceptors (Lipinski definition) is 4. The summed E-state index contributed by atoms with van der Waals surface area (Å²) < 4.78 is 41.3. The van der Waals surface area contributed by atoms with E-state index >= 15 is 0 Å². The summed E-state index contributed by atoms with van der Waals surface area (Å²) in [6.45, 7) is 1.73. The van der Waals surface area contributed by atoms with Gasteiger partial charge in [-0.2, -0.15) is 0 Å². The fourth-order valence-electron chi connectivity index (χ4n) is 4.33. The molecule has 6 nitrogen and oxygen atoms in total. The SMILES string of the molecule is Cc1ccc(CN2C(=O)C3CCCCC3C2=O)cc1S(=O)(=O)Nc1ccc(F)cc1. The first-order chi connectivity index (χ1) is 14.3. The fraction of sp³-hybridized carbons (Fsp3) is 0.364. The maximum absolute atomic E-state index is 13.1. The zero-order valence-corrected chi connectivity index (χ0v) is 17.4. The molecule has 2 aromatic carbocycles. The molecule has 2 unspecified atom stereocenters. The van der Waals surface area contributed by atoms with Crippen LogP contribution in [0.1, 0.15) is 36.8 Å². The molecule has 1 saturated carbocycles. The number of sulfonamides is 1. The third-order valence-electron chi connectivity index (χ3n) is 5.91. The van der Waals surface area contributed by atoms with Crippen LogP contribution >= 0.6 is 0 Å². The molecule has 2 fully saturated rings. The van der Waals surface area contributed by atoms with Gasteiger partial charge in [-0.05, 0) is 61.2 Å². The topological polar surface area (TPSA) is 83.6 Å². The van der Waals surface area contributed by atoms with E-state index in [9.17, 15) is 22.4 Å². The molecule has 2 aromatic rings. The van der Waals surface area contributed by atoms with Gasteiger partial charge in [-0.3, -0.25) is 19.2 Å². The van der Waals surface area contributed by atoms with Gasteiger partial charge in [0.15, 0.2) is 0 Å². The Labute approximate surface area is 175 Å². The number of nitrogens with zero attached hydrogens (tertiary/aromatic N) is 1. The summed E-state index contributed by atoms with van der Waals surface area (Å²) in [7, 11) is -3.92. The number of halogens is 1. The molecule has 2 atom stereocenters. The number of amides is 2. The van der Waals surface area contributed by atoms with Gasteiger partial charge >= 0.3 is 0 Å². The van der Waals surface area contributed by atoms with E-state index in [0.29, 0.717) is 11.1 Å². The lowest BCUT2D eigenvalue weighted by atomic mass is 9.81. The van der Waals surface area contributed by atoms with Gasteiger partial charge in [-0.1, -0.05) is 25.0 Å². The molecule has 1 saturated heterocycles. The minimum atomic E-state index is -3.92. The smallest absolute Gasteiger partial charge is 0.262 e. The fourth-order valence-corrected chi connectivity index (χ4v) is 5.68. The molecular weight excluding hydrogens is 407 g/mol. The molecule has 4 rings (SSSR count). The summed E-state index contributed by atoms with van der Waals surface area (Å²) in [4.78, 5) is 26.8. The third kappa shape index (κ3) is 3.84. The second kappa shape index (κ2) is 7.83. The van der Waals surface area contributed by atoms with Crippen molar-refractivity contribution >= 4 is 27.5 Å². The average molecular weight is 431 g/mol. The number of hydrogen-bond donors (Lipinski definition) is 1. The second-order valence-electron chi connectivity index (χ2n) is 7.97. The molecule has 0 radical (unpaired) electrons. The van der Waals surface area contributed by atoms with Crippen LogP contribution in [0.5, 0.6) is 0 Å². The number of imide groups is 1. The first-order valence-electron chi connectivity index (χ1n) is 9.99. The monoisotopic (exact) mass is 430 g/mol. The van der Waals surface area contributed by atoms with Crippen molar-refractivity contribution in [3.05, 3.63) is 59.4 Å². The number of nitrogens with one attached hydrogen (secondary N) is 1. The van der Waals surface area contributed by atoms with E-state index in [-0.39, 0.29) is 40.8 Å². The third-order valence-corrected chi connectivity index (χ3v) is 7.43. The molecule has 0 spiro atoms. The lowest BCUT2D eigenvalue weighted by Gasteiger charge is -2.19. The molecule has 0 aromatic heterocycles. The van der Waals surface area contributed by atoms with Crippen molar-refractivity contribution in [1.29, 1.82) is 0 Å². The highest BCUT2D eigenvalue weighted by atomic mass is 32.2. The van der Waals surface area contributed by atoms with Crippen LogP contribution in [0.4, 0.5) is 10.1 Å². The Morgan fingerprint density at radius 3 is 2.20 bits per heavy atom. The van der Waals surface area contributed by atoms with Crippen molar-refractivity contribution in [2.24, 2.45) is 11.8 Å². The molecule has 2 amide bonds. The number of rotatable bonds is 5. The molecule has 30 heavy (non-hydrogen) atoms. The van der Waals surface area contributed by atoms with Crippen molar-refractivity contribution in [3.63, 3.8) is 0 Å². The summed E-state index contributed by atoms with van der Waals surface area (Å²) in [5.74, 6) is -1.24. The normalized spacial score (nSPS) is 21.6. The predicted molar refractivity (Wildman–Crippen MR) is 109 cm³/mol. The standard InChI is InChI=1S/C22H23FN2O4S/c1-14-6-7-15(13-25-21(26)18-4-2-3-5-19(18)22(25)27)12-20(14)30(28,29)24-17-10-8-16(23)9-11-17/h6-12,18-19,24H,2-5,13H2,1H3. The number of benzene rings is 2. The van der Waals surface area contributed by atoms with Gasteiger partial charge in [0.05, 0.1) is 23.3 Å². The van der Waals surface area contributed by atoms with E-state index in [1.165, 1.54) is 35.2 Å². The van der Waals surface area contributed by atoms with Crippen LogP contribution in [-0.4, -0.2) is 25.1 Å². The van der Waals surface area contributed by atoms with Crippen molar-refractivity contribution in [2.45, 2.75) is 44.0 Å². The Morgan fingerprint density at radius 2 is 1.60 bits per heavy atom. The quantitative estimate of drug-likeness (QED) is 0.735. The molecule has 2 aliphatic rings. The van der Waals surface area contributed by atoms with Crippen LogP contribution in [0.25, 0.3) is 0 Å². The van der Waals surface area contributed by atoms with E-state index in [4.69, 9.17) is 0 Å². The lowest BCUT2D eigenvalue weighted by molar-refractivity contribution is -0.140. The number of carbonyl (C=O) groups is 2. The van der Waals surface area contributed by atoms with Crippen LogP contribution in [0.3, 0.4) is 0 Å². The summed E-state index contributed by atoms with van der Waals surface area (Å²) in [6.07, 6.45) is 3.38. The van der Waals surface area contributed by atoms with E-state index in [2.05, 4.69) is 4.72 Å². The van der Waals surface area contributed by atoms with Crippen LogP contribution in [0.15, 0.2) is 47.4 Å². The maximum Gasteiger partial charge on any atom is 0.262 e. The van der Waals surface area contributed by atoms with Gasteiger partial charge in [0.25, 0.3) is 10.0 Å². The van der Waals surface area contributed by atoms with Crippen molar-refractivity contribution in [2.75, 3.05) is 4.72 Å². The highest BCUT2D eigenvalue weighted by Crippen LogP contribution is 2.38. The van der Waals surface area contributed by atoms with Crippen LogP contribution in [0.2, 0.25) is 0 Å². The Kier molecular flexibility index (Phi) is 5.36. The zero-order chi connectivity index (χ0) is 21.5. The Balaban J connectivity index is 1.58. The minimum Gasteiger partial charge on any atom is -0.280 e. The first-order valence-corrected chi connectivity index (χ1v) is 11.5. The Morgan fingerprint density at radius 1 is 1.00 bits per heavy atom. The van der Waals surface area contributed by atoms with E-state index in [1.54, 1.807) is 19.1 Å². The van der Waals surface area contributed by atoms with Crippen LogP contribution in [0, 0.1) is 24.6 Å². The number of aryl methyl sites for hydroxylation is 1. The van der Waals surface area contributed by atoms with Crippen LogP contribution in [-0.2, 0) is 26.2 Å². The number of likely N-dealkylation sites (tertiary alicyclic amines) is 1. The second-order valence-corrected chi connectivity index (χ2v) is 9.62. The van der Waals surface area contributed by atoms with E-state index < -0.39 is 15.8 Å². The summed E-state index contributed by atoms with van der Waals surface area (Å²) in [5, 5.41) is 0. The van der Waals surface area contributed by atoms with Crippen molar-refractivity contribution < 1.29 is 22.4 Å². The maximum atomic E-state index is 13.1. The average Bonchev–Trinajstić information content (AvgIpc) is 2.96. The predicted octanol–water partition coefficient (Wildman–Crippen LogP) is 3.61. The van der Waals surface area contributed by atoms with Gasteiger partial charge in [-0.15, -0.1) is 0 Å². The van der Waals surface area contributed by atoms with Gasteiger partial charge < -0.3 is 0 Å². The van der Waals surface area contributed by atoms with Gasteiger partial charge in [0, 0.05) is 5.69 Å². The highest BCUT2D eigenvalue weighted by Gasteiger charge is 2.47. The molecular formula is C22H23FN2O4S. The molecule has 158 valence electrons. The number of carbonyl (C=O) groups excluding carboxylic acids is 2. The summed E-state index contributed by atoms with van der Waals surface area (Å²) in [5.41, 5.74) is 1.34. The summed E-state index contributed by atoms with van der Waals surface area (Å²) >= 11 is 0. The molecule has 1 aliphatic carbocycles. The van der Waals surface area contributed by atoms with Gasteiger partial charge in [-0.25, -0.2) is 12.8 Å². The number of fused-ring (bicyclic) bond motifs is 1. The molecule has 8 heteroatoms. The molecule has 0 bridgehead atoms. The van der Waals surface area contributed by atoms with Gasteiger partial charge in [0.1, 0.15) is 5.82 Å². The van der Waals surface area contributed by atoms with E-state index in [1.807, 2.05) is 0 Å². The molecule has 1 aliphatic heterocycles. The number of anilines is 1. The minimum absolute atomic E-state index is 0.0563. The van der Waals surface area contributed by atoms with Crippen molar-refractivity contribution in [3.8, 4) is 0 Å². The first kappa shape index (κ1) is 20.5. The Hall–Kier alpha value is -2.74.